The molecular formula is C29H60O2Si. The van der Waals surface area contributed by atoms with E-state index in [1.165, 1.54) is 141 Å². The third kappa shape index (κ3) is 26.4. The van der Waals surface area contributed by atoms with Gasteiger partial charge in [-0.2, -0.15) is 0 Å². The molecule has 3 heteroatoms. The van der Waals surface area contributed by atoms with Crippen molar-refractivity contribution in [3.8, 4) is 0 Å². The Kier molecular flexibility index (Phi) is 29.3. The second kappa shape index (κ2) is 29.2. The molecule has 0 spiro atoms. The predicted molar refractivity (Wildman–Crippen MR) is 145 cm³/mol. The van der Waals surface area contributed by atoms with Gasteiger partial charge in [0.25, 0.3) is 0 Å². The van der Waals surface area contributed by atoms with Gasteiger partial charge in [0.1, 0.15) is 0 Å². The molecule has 0 aliphatic rings. The standard InChI is InChI=1S/C29H60O2Si/c1-4-7-9-11-13-14-15-16-18-20-22-27-31-32-28-23-26-30-29(24-6-3)25-21-19-17-12-10-8-5-2/h29H,4-28H2,1-3H3. The molecule has 0 aromatic carbocycles. The van der Waals surface area contributed by atoms with Crippen LogP contribution in [0.2, 0.25) is 6.04 Å². The molecular weight excluding hydrogens is 408 g/mol. The van der Waals surface area contributed by atoms with Crippen molar-refractivity contribution in [1.29, 1.82) is 0 Å². The van der Waals surface area contributed by atoms with Crippen molar-refractivity contribution in [2.24, 2.45) is 0 Å². The minimum atomic E-state index is 0.497. The van der Waals surface area contributed by atoms with Crippen molar-refractivity contribution in [2.75, 3.05) is 13.2 Å². The Morgan fingerprint density at radius 3 is 1.50 bits per heavy atom. The van der Waals surface area contributed by atoms with Gasteiger partial charge in [-0.3, -0.25) is 0 Å². The van der Waals surface area contributed by atoms with E-state index in [1.54, 1.807) is 0 Å². The van der Waals surface area contributed by atoms with Gasteiger partial charge >= 0.3 is 0 Å². The summed E-state index contributed by atoms with van der Waals surface area (Å²) in [5.74, 6) is 0. The summed E-state index contributed by atoms with van der Waals surface area (Å²) < 4.78 is 12.1. The first-order valence-corrected chi connectivity index (χ1v) is 15.9. The quantitative estimate of drug-likeness (QED) is 0.0839. The van der Waals surface area contributed by atoms with E-state index in [9.17, 15) is 0 Å². The third-order valence-corrected chi connectivity index (χ3v) is 7.43. The van der Waals surface area contributed by atoms with Gasteiger partial charge in [0.05, 0.1) is 6.10 Å². The Balaban J connectivity index is 3.31. The lowest BCUT2D eigenvalue weighted by Gasteiger charge is -2.17. The molecule has 0 fully saturated rings. The Bertz CT molecular complexity index is 324. The van der Waals surface area contributed by atoms with Gasteiger partial charge in [-0.25, -0.2) is 0 Å². The maximum absolute atomic E-state index is 6.20. The summed E-state index contributed by atoms with van der Waals surface area (Å²) >= 11 is 0. The number of rotatable bonds is 28. The smallest absolute Gasteiger partial charge is 0.229 e. The molecule has 0 heterocycles. The average Bonchev–Trinajstić information content (AvgIpc) is 2.80. The molecule has 1 atom stereocenters. The molecule has 192 valence electrons. The molecule has 0 aliphatic carbocycles. The van der Waals surface area contributed by atoms with Crippen molar-refractivity contribution in [1.82, 2.24) is 0 Å². The Morgan fingerprint density at radius 1 is 0.469 bits per heavy atom. The SMILES string of the molecule is CCCCCCCCCCCCCO[Si]CCCOC(CCC)CCCCCCCCC. The van der Waals surface area contributed by atoms with E-state index in [1.807, 2.05) is 0 Å². The molecule has 0 N–H and O–H groups in total. The maximum Gasteiger partial charge on any atom is 0.229 e. The molecule has 0 bridgehead atoms. The van der Waals surface area contributed by atoms with Crippen LogP contribution in [0.15, 0.2) is 0 Å². The second-order valence-corrected chi connectivity index (χ2v) is 10.9. The summed E-state index contributed by atoms with van der Waals surface area (Å²) in [7, 11) is 0.669. The minimum Gasteiger partial charge on any atom is -0.417 e. The summed E-state index contributed by atoms with van der Waals surface area (Å²) in [5.41, 5.74) is 0. The van der Waals surface area contributed by atoms with Gasteiger partial charge in [0.15, 0.2) is 0 Å². The molecule has 0 amide bonds. The number of hydrogen-bond acceptors (Lipinski definition) is 2. The first-order chi connectivity index (χ1) is 15.8. The molecule has 0 aromatic rings. The van der Waals surface area contributed by atoms with E-state index in [4.69, 9.17) is 9.16 Å². The zero-order chi connectivity index (χ0) is 23.4. The molecule has 0 aromatic heterocycles. The van der Waals surface area contributed by atoms with Crippen LogP contribution in [0.1, 0.15) is 162 Å². The van der Waals surface area contributed by atoms with Crippen LogP contribution < -0.4 is 0 Å². The van der Waals surface area contributed by atoms with E-state index >= 15 is 0 Å². The molecule has 2 nitrogen and oxygen atoms in total. The lowest BCUT2D eigenvalue weighted by Crippen LogP contribution is -2.14. The van der Waals surface area contributed by atoms with Crippen molar-refractivity contribution in [3.63, 3.8) is 0 Å². The normalized spacial score (nSPS) is 12.5. The summed E-state index contributed by atoms with van der Waals surface area (Å²) in [6.45, 7) is 8.76. The van der Waals surface area contributed by atoms with E-state index in [2.05, 4.69) is 20.8 Å². The van der Waals surface area contributed by atoms with Gasteiger partial charge in [0.2, 0.25) is 9.76 Å². The third-order valence-electron chi connectivity index (χ3n) is 6.47. The maximum atomic E-state index is 6.20. The average molecular weight is 469 g/mol. The van der Waals surface area contributed by atoms with Gasteiger partial charge in [0, 0.05) is 13.2 Å². The zero-order valence-corrected chi connectivity index (χ0v) is 23.6. The Labute approximate surface area is 206 Å². The fourth-order valence-corrected chi connectivity index (χ4v) is 5.06. The van der Waals surface area contributed by atoms with Crippen LogP contribution in [0.5, 0.6) is 0 Å². The van der Waals surface area contributed by atoms with Crippen LogP contribution >= 0.6 is 0 Å². The number of ether oxygens (including phenoxy) is 1. The topological polar surface area (TPSA) is 18.5 Å². The number of unbranched alkanes of at least 4 members (excludes halogenated alkanes) is 16. The minimum absolute atomic E-state index is 0.497. The van der Waals surface area contributed by atoms with Crippen molar-refractivity contribution < 1.29 is 9.16 Å². The Morgan fingerprint density at radius 2 is 0.969 bits per heavy atom. The van der Waals surface area contributed by atoms with Crippen LogP contribution in [0.3, 0.4) is 0 Å². The van der Waals surface area contributed by atoms with Crippen molar-refractivity contribution in [3.05, 3.63) is 0 Å². The van der Waals surface area contributed by atoms with Crippen LogP contribution in [-0.2, 0) is 9.16 Å². The second-order valence-electron chi connectivity index (χ2n) is 9.82. The molecule has 1 unspecified atom stereocenters. The first-order valence-electron chi connectivity index (χ1n) is 14.8. The van der Waals surface area contributed by atoms with E-state index in [-0.39, 0.29) is 0 Å². The van der Waals surface area contributed by atoms with E-state index in [0.29, 0.717) is 15.9 Å². The van der Waals surface area contributed by atoms with Gasteiger partial charge < -0.3 is 9.16 Å². The summed E-state index contributed by atoms with van der Waals surface area (Å²) in [5, 5.41) is 0. The highest BCUT2D eigenvalue weighted by Crippen LogP contribution is 2.15. The van der Waals surface area contributed by atoms with Crippen LogP contribution in [0.4, 0.5) is 0 Å². The van der Waals surface area contributed by atoms with Gasteiger partial charge in [-0.1, -0.05) is 136 Å². The van der Waals surface area contributed by atoms with E-state index < -0.39 is 0 Å². The Hall–Kier alpha value is 0.137. The molecule has 32 heavy (non-hydrogen) atoms. The highest BCUT2D eigenvalue weighted by Gasteiger charge is 2.08. The highest BCUT2D eigenvalue weighted by atomic mass is 28.2. The van der Waals surface area contributed by atoms with Crippen LogP contribution in [0, 0.1) is 0 Å². The fraction of sp³-hybridized carbons (Fsp3) is 1.00. The molecule has 0 saturated carbocycles. The van der Waals surface area contributed by atoms with Crippen LogP contribution in [0.25, 0.3) is 0 Å². The summed E-state index contributed by atoms with van der Waals surface area (Å²) in [6, 6.07) is 1.17. The zero-order valence-electron chi connectivity index (χ0n) is 22.6. The highest BCUT2D eigenvalue weighted by molar-refractivity contribution is 6.26. The van der Waals surface area contributed by atoms with Crippen molar-refractivity contribution in [2.45, 2.75) is 174 Å². The molecule has 0 rings (SSSR count). The lowest BCUT2D eigenvalue weighted by atomic mass is 10.0. The van der Waals surface area contributed by atoms with Gasteiger partial charge in [-0.15, -0.1) is 0 Å². The predicted octanol–water partition coefficient (Wildman–Crippen LogP) is 10.1. The number of hydrogen-bond donors (Lipinski definition) is 0. The summed E-state index contributed by atoms with van der Waals surface area (Å²) in [4.78, 5) is 0. The first kappa shape index (κ1) is 32.1. The van der Waals surface area contributed by atoms with Crippen LogP contribution in [-0.4, -0.2) is 29.1 Å². The van der Waals surface area contributed by atoms with Gasteiger partial charge in [-0.05, 0) is 31.7 Å². The van der Waals surface area contributed by atoms with E-state index in [0.717, 1.165) is 19.6 Å². The van der Waals surface area contributed by atoms with Crippen molar-refractivity contribution >= 4 is 9.76 Å². The largest absolute Gasteiger partial charge is 0.417 e. The molecule has 0 aliphatic heterocycles. The fourth-order valence-electron chi connectivity index (χ4n) is 4.34. The lowest BCUT2D eigenvalue weighted by molar-refractivity contribution is 0.0396. The summed E-state index contributed by atoms with van der Waals surface area (Å²) in [6.07, 6.45) is 30.6. The molecule has 0 saturated heterocycles. The monoisotopic (exact) mass is 468 g/mol. The molecule has 2 radical (unpaired) electrons.